The molecule has 0 saturated carbocycles. The first-order chi connectivity index (χ1) is 4.63. The minimum atomic E-state index is 1.14. The van der Waals surface area contributed by atoms with Crippen LogP contribution in [0.25, 0.3) is 0 Å². The molecule has 0 aliphatic carbocycles. The van der Waals surface area contributed by atoms with E-state index in [0.29, 0.717) is 0 Å². The van der Waals surface area contributed by atoms with E-state index in [1.54, 1.807) is 0 Å². The minimum absolute atomic E-state index is 1.14. The molecule has 0 unspecified atom stereocenters. The highest BCUT2D eigenvalue weighted by Crippen LogP contribution is 2.30. The lowest BCUT2D eigenvalue weighted by atomic mass is 10.4. The van der Waals surface area contributed by atoms with Gasteiger partial charge in [-0.15, -0.1) is 0 Å². The van der Waals surface area contributed by atoms with Crippen molar-refractivity contribution in [1.29, 1.82) is 0 Å². The molecule has 0 N–H and O–H groups in total. The third kappa shape index (κ3) is 2.07. The summed E-state index contributed by atoms with van der Waals surface area (Å²) < 4.78 is 4.78. The Hall–Kier alpha value is 1.64. The Kier molecular flexibility index (Phi) is 3.93. The molecule has 0 aromatic heterocycles. The topological polar surface area (TPSA) is 0 Å². The van der Waals surface area contributed by atoms with Crippen molar-refractivity contribution in [3.05, 3.63) is 28.2 Å². The maximum Gasteiger partial charge on any atom is 0.0453 e. The second-order valence-electron chi connectivity index (χ2n) is 1.66. The van der Waals surface area contributed by atoms with Crippen LogP contribution in [-0.4, -0.2) is 0 Å². The molecule has 0 aliphatic heterocycles. The van der Waals surface area contributed by atoms with E-state index >= 15 is 0 Å². The van der Waals surface area contributed by atoms with Gasteiger partial charge < -0.3 is 0 Å². The number of rotatable bonds is 0. The molecule has 0 aliphatic rings. The largest absolute Gasteiger partial charge is 0.0496 e. The zero-order chi connectivity index (χ0) is 7.72. The van der Waals surface area contributed by atoms with Gasteiger partial charge in [0.05, 0.1) is 0 Å². The molecule has 0 saturated heterocycles. The summed E-state index contributed by atoms with van der Waals surface area (Å²) in [7, 11) is 0. The van der Waals surface area contributed by atoms with Gasteiger partial charge in [-0.1, -0.05) is 0 Å². The van der Waals surface area contributed by atoms with Crippen LogP contribution in [0, 0.1) is 7.14 Å². The van der Waals surface area contributed by atoms with Crippen LogP contribution >= 0.6 is 77.0 Å². The van der Waals surface area contributed by atoms with Crippen molar-refractivity contribution < 1.29 is 0 Å². The molecule has 54 valence electrons. The van der Waals surface area contributed by atoms with E-state index in [1.807, 2.05) is 6.07 Å². The smallest absolute Gasteiger partial charge is 0.0453 e. The van der Waals surface area contributed by atoms with Gasteiger partial charge in [0.1, 0.15) is 0 Å². The summed E-state index contributed by atoms with van der Waals surface area (Å²) in [6.45, 7) is 0. The van der Waals surface area contributed by atoms with Crippen LogP contribution < -0.4 is 0 Å². The number of hydrogen-bond donors (Lipinski definition) is 0. The first-order valence-corrected chi connectivity index (χ1v) is 6.16. The summed E-state index contributed by atoms with van der Waals surface area (Å²) >= 11 is 11.5. The summed E-state index contributed by atoms with van der Waals surface area (Å²) in [6.07, 6.45) is 0. The maximum absolute atomic E-state index is 3.48. The van der Waals surface area contributed by atoms with Gasteiger partial charge >= 0.3 is 0 Å². The van der Waals surface area contributed by atoms with E-state index in [0.717, 1.165) is 4.47 Å². The number of benzene rings is 1. The summed E-state index contributed by atoms with van der Waals surface area (Å²) in [6, 6.07) is 4.12. The Balaban J connectivity index is 3.34. The Bertz CT molecular complexity index is 233. The molecule has 10 heavy (non-hydrogen) atoms. The fraction of sp³-hybridized carbons (Fsp3) is 0. The molecule has 0 fully saturated rings. The molecule has 0 atom stereocenters. The Morgan fingerprint density at radius 3 is 2.20 bits per heavy atom. The highest BCUT2D eigenvalue weighted by molar-refractivity contribution is 14.1. The lowest BCUT2D eigenvalue weighted by Crippen LogP contribution is -1.80. The van der Waals surface area contributed by atoms with Crippen molar-refractivity contribution in [3.63, 3.8) is 0 Å². The standard InChI is InChI=1S/C6H2Br2I2/c7-3-1-2-4(9)5(8)6(3)10/h1-2H. The van der Waals surface area contributed by atoms with Gasteiger partial charge in [0.2, 0.25) is 0 Å². The van der Waals surface area contributed by atoms with Gasteiger partial charge in [0.15, 0.2) is 0 Å². The molecular weight excluding hydrogens is 486 g/mol. The van der Waals surface area contributed by atoms with Gasteiger partial charge in [0.25, 0.3) is 0 Å². The molecule has 0 bridgehead atoms. The van der Waals surface area contributed by atoms with Crippen LogP contribution in [0.4, 0.5) is 0 Å². The van der Waals surface area contributed by atoms with Crippen LogP contribution in [0.5, 0.6) is 0 Å². The fourth-order valence-electron chi connectivity index (χ4n) is 0.502. The second kappa shape index (κ2) is 4.04. The molecule has 0 spiro atoms. The molecule has 1 rings (SSSR count). The molecule has 0 radical (unpaired) electrons. The van der Waals surface area contributed by atoms with Crippen LogP contribution in [-0.2, 0) is 0 Å². The van der Waals surface area contributed by atoms with Crippen molar-refractivity contribution in [3.8, 4) is 0 Å². The summed E-state index contributed by atoms with van der Waals surface area (Å²) in [5.41, 5.74) is 0. The van der Waals surface area contributed by atoms with Gasteiger partial charge in [-0.2, -0.15) is 0 Å². The van der Waals surface area contributed by atoms with Crippen LogP contribution in [0.15, 0.2) is 21.1 Å². The van der Waals surface area contributed by atoms with E-state index < -0.39 is 0 Å². The average molecular weight is 488 g/mol. The number of halogens is 4. The summed E-state index contributed by atoms with van der Waals surface area (Å²) in [5, 5.41) is 0. The average Bonchev–Trinajstić information content (AvgIpc) is 1.93. The van der Waals surface area contributed by atoms with E-state index in [4.69, 9.17) is 0 Å². The molecule has 0 amide bonds. The zero-order valence-electron chi connectivity index (χ0n) is 4.67. The lowest BCUT2D eigenvalue weighted by Gasteiger charge is -2.00. The van der Waals surface area contributed by atoms with Crippen LogP contribution in [0.2, 0.25) is 0 Å². The van der Waals surface area contributed by atoms with Gasteiger partial charge in [0, 0.05) is 16.1 Å². The lowest BCUT2D eigenvalue weighted by molar-refractivity contribution is 1.49. The molecule has 1 aromatic rings. The van der Waals surface area contributed by atoms with Crippen molar-refractivity contribution in [2.75, 3.05) is 0 Å². The third-order valence-corrected chi connectivity index (χ3v) is 6.72. The van der Waals surface area contributed by atoms with Crippen LogP contribution in [0.3, 0.4) is 0 Å². The minimum Gasteiger partial charge on any atom is -0.0496 e. The van der Waals surface area contributed by atoms with Crippen molar-refractivity contribution in [2.45, 2.75) is 0 Å². The number of hydrogen-bond acceptors (Lipinski definition) is 0. The Labute approximate surface area is 104 Å². The van der Waals surface area contributed by atoms with E-state index in [1.165, 1.54) is 11.6 Å². The Morgan fingerprint density at radius 2 is 1.70 bits per heavy atom. The third-order valence-electron chi connectivity index (χ3n) is 0.988. The second-order valence-corrected chi connectivity index (χ2v) is 5.55. The summed E-state index contributed by atoms with van der Waals surface area (Å²) in [5.74, 6) is 0. The molecule has 0 nitrogen and oxygen atoms in total. The summed E-state index contributed by atoms with van der Waals surface area (Å²) in [4.78, 5) is 0. The SMILES string of the molecule is Brc1ccc(I)c(Br)c1I. The maximum atomic E-state index is 3.48. The molecule has 0 heterocycles. The van der Waals surface area contributed by atoms with Gasteiger partial charge in [-0.05, 0) is 89.2 Å². The van der Waals surface area contributed by atoms with E-state index in [2.05, 4.69) is 83.1 Å². The zero-order valence-corrected chi connectivity index (χ0v) is 12.2. The highest BCUT2D eigenvalue weighted by Gasteiger charge is 2.03. The van der Waals surface area contributed by atoms with E-state index in [9.17, 15) is 0 Å². The predicted molar refractivity (Wildman–Crippen MR) is 67.3 cm³/mol. The van der Waals surface area contributed by atoms with Crippen molar-refractivity contribution in [2.24, 2.45) is 0 Å². The van der Waals surface area contributed by atoms with Crippen molar-refractivity contribution in [1.82, 2.24) is 0 Å². The molecule has 1 aromatic carbocycles. The highest BCUT2D eigenvalue weighted by atomic mass is 127. The van der Waals surface area contributed by atoms with Crippen LogP contribution in [0.1, 0.15) is 0 Å². The fourth-order valence-corrected chi connectivity index (χ4v) is 2.88. The molecular formula is C6H2Br2I2. The Morgan fingerprint density at radius 1 is 1.10 bits per heavy atom. The van der Waals surface area contributed by atoms with Gasteiger partial charge in [-0.25, -0.2) is 0 Å². The molecule has 4 heteroatoms. The first kappa shape index (κ1) is 9.73. The predicted octanol–water partition coefficient (Wildman–Crippen LogP) is 4.42. The first-order valence-electron chi connectivity index (χ1n) is 2.42. The van der Waals surface area contributed by atoms with Gasteiger partial charge in [-0.3, -0.25) is 0 Å². The van der Waals surface area contributed by atoms with E-state index in [-0.39, 0.29) is 0 Å². The normalized spacial score (nSPS) is 10.0. The van der Waals surface area contributed by atoms with Crippen molar-refractivity contribution >= 4 is 77.0 Å². The quantitative estimate of drug-likeness (QED) is 0.289. The monoisotopic (exact) mass is 486 g/mol.